The van der Waals surface area contributed by atoms with Crippen molar-refractivity contribution >= 4 is 34.8 Å². The Hall–Kier alpha value is -2.36. The van der Waals surface area contributed by atoms with Crippen molar-refractivity contribution in [1.29, 1.82) is 0 Å². The van der Waals surface area contributed by atoms with E-state index in [-0.39, 0.29) is 5.41 Å². The maximum Gasteiger partial charge on any atom is 0.0567 e. The Morgan fingerprint density at radius 3 is 2.38 bits per heavy atom. The van der Waals surface area contributed by atoms with E-state index in [1.807, 2.05) is 23.5 Å². The Labute approximate surface area is 200 Å². The minimum Gasteiger partial charge on any atom is -0.387 e. The first-order valence-corrected chi connectivity index (χ1v) is 12.9. The molecule has 5 rings (SSSR count). The van der Waals surface area contributed by atoms with E-state index in [1.54, 1.807) is 0 Å². The van der Waals surface area contributed by atoms with Gasteiger partial charge in [-0.1, -0.05) is 105 Å². The van der Waals surface area contributed by atoms with E-state index < -0.39 is 0 Å². The molecule has 1 heterocycles. The molecular formula is C29H29NS2. The number of hydrogen-bond acceptors (Lipinski definition) is 3. The number of rotatable bonds is 2. The molecule has 1 aliphatic heterocycles. The van der Waals surface area contributed by atoms with Crippen molar-refractivity contribution in [3.63, 3.8) is 0 Å². The molecule has 2 aliphatic rings. The van der Waals surface area contributed by atoms with Crippen molar-refractivity contribution in [1.82, 2.24) is 0 Å². The van der Waals surface area contributed by atoms with Gasteiger partial charge in [-0.2, -0.15) is 0 Å². The summed E-state index contributed by atoms with van der Waals surface area (Å²) in [6.07, 6.45) is 7.96. The second-order valence-corrected chi connectivity index (χ2v) is 11.3. The average Bonchev–Trinajstić information content (AvgIpc) is 2.85. The van der Waals surface area contributed by atoms with Crippen LogP contribution in [0.2, 0.25) is 0 Å². The third-order valence-electron chi connectivity index (χ3n) is 6.52. The highest BCUT2D eigenvalue weighted by Crippen LogP contribution is 2.53. The summed E-state index contributed by atoms with van der Waals surface area (Å²) >= 11 is 3.76. The van der Waals surface area contributed by atoms with Crippen molar-refractivity contribution in [2.45, 2.75) is 58.1 Å². The minimum atomic E-state index is 0.00863. The summed E-state index contributed by atoms with van der Waals surface area (Å²) in [7, 11) is 2.05. The first kappa shape index (κ1) is 21.5. The van der Waals surface area contributed by atoms with Crippen molar-refractivity contribution in [2.24, 2.45) is 0 Å². The van der Waals surface area contributed by atoms with Crippen LogP contribution in [0.3, 0.4) is 0 Å². The van der Waals surface area contributed by atoms with Gasteiger partial charge in [0.25, 0.3) is 0 Å². The lowest BCUT2D eigenvalue weighted by Gasteiger charge is -2.27. The van der Waals surface area contributed by atoms with Crippen LogP contribution >= 0.6 is 23.5 Å². The zero-order valence-corrected chi connectivity index (χ0v) is 20.7. The standard InChI is InChI=1S/C29H29NS2/c1-19-18-20(10-9-17-29(2,3)23-12-6-5-11-21(19)23)22-15-16-26-28(27(22)30-4)32-25-14-8-7-13-24(25)31-26/h5-17,19,30H,18H2,1-4H3/b17-9+,20-10+. The summed E-state index contributed by atoms with van der Waals surface area (Å²) in [6.45, 7) is 7.00. The maximum atomic E-state index is 3.55. The van der Waals surface area contributed by atoms with E-state index >= 15 is 0 Å². The highest BCUT2D eigenvalue weighted by atomic mass is 32.2. The summed E-state index contributed by atoms with van der Waals surface area (Å²) in [5.74, 6) is 0.445. The molecule has 1 nitrogen and oxygen atoms in total. The Balaban J connectivity index is 1.60. The van der Waals surface area contributed by atoms with Gasteiger partial charge in [-0.05, 0) is 47.2 Å². The topological polar surface area (TPSA) is 12.0 Å². The van der Waals surface area contributed by atoms with Crippen molar-refractivity contribution in [2.75, 3.05) is 12.4 Å². The number of fused-ring (bicyclic) bond motifs is 3. The average molecular weight is 456 g/mol. The molecule has 0 spiro atoms. The lowest BCUT2D eigenvalue weighted by Crippen LogP contribution is -2.16. The molecule has 0 saturated heterocycles. The molecule has 0 fully saturated rings. The molecule has 0 saturated carbocycles. The zero-order chi connectivity index (χ0) is 22.3. The van der Waals surface area contributed by atoms with Crippen LogP contribution in [0.4, 0.5) is 5.69 Å². The Bertz CT molecular complexity index is 1240. The van der Waals surface area contributed by atoms with Gasteiger partial charge in [0.15, 0.2) is 0 Å². The summed E-state index contributed by atoms with van der Waals surface area (Å²) in [6, 6.07) is 22.3. The number of nitrogens with one attached hydrogen (secondary N) is 1. The quantitative estimate of drug-likeness (QED) is 0.324. The molecular weight excluding hydrogens is 426 g/mol. The van der Waals surface area contributed by atoms with E-state index in [2.05, 4.69) is 112 Å². The van der Waals surface area contributed by atoms with Crippen LogP contribution in [0.25, 0.3) is 5.57 Å². The first-order valence-electron chi connectivity index (χ1n) is 11.3. The molecule has 0 amide bonds. The normalized spacial score (nSPS) is 21.5. The molecule has 3 aromatic carbocycles. The molecule has 1 unspecified atom stereocenters. The van der Waals surface area contributed by atoms with Crippen molar-refractivity contribution < 1.29 is 0 Å². The fraction of sp³-hybridized carbons (Fsp3) is 0.241. The second kappa shape index (κ2) is 8.53. The van der Waals surface area contributed by atoms with Crippen LogP contribution in [-0.2, 0) is 5.41 Å². The summed E-state index contributed by atoms with van der Waals surface area (Å²) in [4.78, 5) is 5.36. The minimum absolute atomic E-state index is 0.00863. The van der Waals surface area contributed by atoms with Crippen molar-refractivity contribution in [3.05, 3.63) is 95.6 Å². The maximum absolute atomic E-state index is 3.55. The van der Waals surface area contributed by atoms with Crippen LogP contribution in [-0.4, -0.2) is 7.05 Å². The van der Waals surface area contributed by atoms with Gasteiger partial charge in [0, 0.05) is 37.6 Å². The molecule has 0 bridgehead atoms. The summed E-state index contributed by atoms with van der Waals surface area (Å²) in [5.41, 5.74) is 6.84. The predicted molar refractivity (Wildman–Crippen MR) is 140 cm³/mol. The van der Waals surface area contributed by atoms with E-state index in [4.69, 9.17) is 0 Å². The Morgan fingerprint density at radius 2 is 1.59 bits per heavy atom. The van der Waals surface area contributed by atoms with Crippen LogP contribution in [0.1, 0.15) is 49.8 Å². The van der Waals surface area contributed by atoms with Crippen LogP contribution in [0.5, 0.6) is 0 Å². The lowest BCUT2D eigenvalue weighted by molar-refractivity contribution is 0.644. The fourth-order valence-electron chi connectivity index (χ4n) is 4.82. The molecule has 0 radical (unpaired) electrons. The largest absolute Gasteiger partial charge is 0.387 e. The van der Waals surface area contributed by atoms with Gasteiger partial charge in [0.2, 0.25) is 0 Å². The number of allylic oxidation sites excluding steroid dienone is 4. The molecule has 3 aromatic rings. The van der Waals surface area contributed by atoms with Gasteiger partial charge in [-0.15, -0.1) is 0 Å². The Morgan fingerprint density at radius 1 is 0.875 bits per heavy atom. The Kier molecular flexibility index (Phi) is 5.73. The highest BCUT2D eigenvalue weighted by Gasteiger charge is 2.26. The predicted octanol–water partition coefficient (Wildman–Crippen LogP) is 8.77. The number of benzene rings is 3. The monoisotopic (exact) mass is 455 g/mol. The molecule has 162 valence electrons. The van der Waals surface area contributed by atoms with Gasteiger partial charge >= 0.3 is 0 Å². The molecule has 1 atom stereocenters. The molecule has 0 aromatic heterocycles. The number of anilines is 1. The molecule has 1 N–H and O–H groups in total. The van der Waals surface area contributed by atoms with Crippen LogP contribution < -0.4 is 5.32 Å². The number of hydrogen-bond donors (Lipinski definition) is 1. The van der Waals surface area contributed by atoms with Gasteiger partial charge < -0.3 is 5.32 Å². The van der Waals surface area contributed by atoms with Gasteiger partial charge in [0.1, 0.15) is 0 Å². The molecule has 3 heteroatoms. The van der Waals surface area contributed by atoms with Crippen LogP contribution in [0, 0.1) is 0 Å². The molecule has 1 aliphatic carbocycles. The van der Waals surface area contributed by atoms with Gasteiger partial charge in [-0.3, -0.25) is 0 Å². The first-order chi connectivity index (χ1) is 15.5. The zero-order valence-electron chi connectivity index (χ0n) is 19.1. The summed E-state index contributed by atoms with van der Waals surface area (Å²) < 4.78 is 0. The van der Waals surface area contributed by atoms with E-state index in [0.29, 0.717) is 5.92 Å². The lowest BCUT2D eigenvalue weighted by atomic mass is 9.78. The SMILES string of the molecule is CNc1c(/C2=C/C=C/C(C)(C)c3ccccc3C(C)C2)ccc2c1Sc1ccccc1S2. The third kappa shape index (κ3) is 3.82. The van der Waals surface area contributed by atoms with E-state index in [9.17, 15) is 0 Å². The highest BCUT2D eigenvalue weighted by molar-refractivity contribution is 8.05. The van der Waals surface area contributed by atoms with Crippen molar-refractivity contribution in [3.8, 4) is 0 Å². The summed E-state index contributed by atoms with van der Waals surface area (Å²) in [5, 5.41) is 3.55. The third-order valence-corrected chi connectivity index (χ3v) is 9.12. The van der Waals surface area contributed by atoms with Gasteiger partial charge in [-0.25, -0.2) is 0 Å². The fourth-order valence-corrected chi connectivity index (χ4v) is 7.22. The van der Waals surface area contributed by atoms with E-state index in [1.165, 1.54) is 47.5 Å². The molecule has 32 heavy (non-hydrogen) atoms. The van der Waals surface area contributed by atoms with E-state index in [0.717, 1.165) is 6.42 Å². The smallest absolute Gasteiger partial charge is 0.0567 e. The van der Waals surface area contributed by atoms with Crippen LogP contribution in [0.15, 0.2) is 98.5 Å². The second-order valence-electron chi connectivity index (χ2n) is 9.18. The van der Waals surface area contributed by atoms with Gasteiger partial charge in [0.05, 0.1) is 5.69 Å².